The number of aromatic nitrogens is 2. The molecule has 2 heterocycles. The van der Waals surface area contributed by atoms with Gasteiger partial charge in [0.25, 0.3) is 0 Å². The van der Waals surface area contributed by atoms with Crippen LogP contribution in [0.2, 0.25) is 0 Å². The molecule has 1 aliphatic rings. The third-order valence-corrected chi connectivity index (χ3v) is 3.34. The molecule has 0 aromatic carbocycles. The molecule has 1 aromatic rings. The van der Waals surface area contributed by atoms with Crippen molar-refractivity contribution < 1.29 is 9.53 Å². The predicted molar refractivity (Wildman–Crippen MR) is 79.7 cm³/mol. The lowest BCUT2D eigenvalue weighted by Gasteiger charge is -2.40. The van der Waals surface area contributed by atoms with Crippen molar-refractivity contribution in [3.63, 3.8) is 0 Å². The van der Waals surface area contributed by atoms with E-state index in [1.807, 2.05) is 27.7 Å². The molecule has 0 radical (unpaired) electrons. The van der Waals surface area contributed by atoms with Crippen molar-refractivity contribution in [3.8, 4) is 0 Å². The van der Waals surface area contributed by atoms with Crippen LogP contribution >= 0.6 is 0 Å². The fourth-order valence-corrected chi connectivity index (χ4v) is 2.41. The number of ether oxygens (including phenoxy) is 1. The predicted octanol–water partition coefficient (Wildman–Crippen LogP) is 1.92. The van der Waals surface area contributed by atoms with Gasteiger partial charge in [0.2, 0.25) is 0 Å². The first-order valence-electron chi connectivity index (χ1n) is 7.32. The van der Waals surface area contributed by atoms with E-state index in [9.17, 15) is 4.79 Å². The molecule has 1 aromatic heterocycles. The maximum absolute atomic E-state index is 12.2. The molecule has 6 nitrogen and oxygen atoms in total. The van der Waals surface area contributed by atoms with Crippen LogP contribution in [-0.2, 0) is 11.3 Å². The van der Waals surface area contributed by atoms with Crippen LogP contribution in [0.15, 0.2) is 18.6 Å². The molecule has 1 aliphatic heterocycles. The molecule has 0 N–H and O–H groups in total. The second kappa shape index (κ2) is 6.39. The fourth-order valence-electron chi connectivity index (χ4n) is 2.41. The van der Waals surface area contributed by atoms with Crippen molar-refractivity contribution in [2.24, 2.45) is 0 Å². The number of rotatable bonds is 2. The SMILES string of the molecule is C[C@@H]1CN(Cc2cnccn2)CCN1C(=O)OC(C)(C)C. The van der Waals surface area contributed by atoms with Gasteiger partial charge in [0.05, 0.1) is 5.69 Å². The first-order valence-corrected chi connectivity index (χ1v) is 7.32. The van der Waals surface area contributed by atoms with E-state index in [0.29, 0.717) is 6.54 Å². The second-order valence-corrected chi connectivity index (χ2v) is 6.45. The summed E-state index contributed by atoms with van der Waals surface area (Å²) >= 11 is 0. The van der Waals surface area contributed by atoms with Gasteiger partial charge >= 0.3 is 6.09 Å². The van der Waals surface area contributed by atoms with Gasteiger partial charge in [0.15, 0.2) is 0 Å². The molecule has 1 atom stereocenters. The average Bonchev–Trinajstić information content (AvgIpc) is 2.37. The average molecular weight is 292 g/mol. The highest BCUT2D eigenvalue weighted by Crippen LogP contribution is 2.16. The van der Waals surface area contributed by atoms with Crippen LogP contribution in [0.1, 0.15) is 33.4 Å². The lowest BCUT2D eigenvalue weighted by atomic mass is 10.2. The summed E-state index contributed by atoms with van der Waals surface area (Å²) in [4.78, 5) is 24.6. The standard InChI is InChI=1S/C15H24N4O2/c1-12-10-18(11-13-9-16-5-6-17-13)7-8-19(12)14(20)21-15(2,3)4/h5-6,9,12H,7-8,10-11H2,1-4H3/t12-/m1/s1. The number of amides is 1. The maximum atomic E-state index is 12.2. The number of hydrogen-bond donors (Lipinski definition) is 0. The molecular weight excluding hydrogens is 268 g/mol. The molecule has 0 saturated carbocycles. The number of carbonyl (C=O) groups excluding carboxylic acids is 1. The Morgan fingerprint density at radius 1 is 1.38 bits per heavy atom. The maximum Gasteiger partial charge on any atom is 0.410 e. The molecule has 0 spiro atoms. The largest absolute Gasteiger partial charge is 0.444 e. The molecule has 1 fully saturated rings. The smallest absolute Gasteiger partial charge is 0.410 e. The number of hydrogen-bond acceptors (Lipinski definition) is 5. The monoisotopic (exact) mass is 292 g/mol. The van der Waals surface area contributed by atoms with Crippen LogP contribution in [0.25, 0.3) is 0 Å². The van der Waals surface area contributed by atoms with Crippen molar-refractivity contribution >= 4 is 6.09 Å². The topological polar surface area (TPSA) is 58.6 Å². The quantitative estimate of drug-likeness (QED) is 0.833. The number of nitrogens with zero attached hydrogens (tertiary/aromatic N) is 4. The summed E-state index contributed by atoms with van der Waals surface area (Å²) in [5.41, 5.74) is 0.503. The minimum Gasteiger partial charge on any atom is -0.444 e. The van der Waals surface area contributed by atoms with Gasteiger partial charge in [-0.2, -0.15) is 0 Å². The summed E-state index contributed by atoms with van der Waals surface area (Å²) in [5, 5.41) is 0. The van der Waals surface area contributed by atoms with Crippen molar-refractivity contribution in [1.29, 1.82) is 0 Å². The van der Waals surface area contributed by atoms with E-state index >= 15 is 0 Å². The van der Waals surface area contributed by atoms with Crippen LogP contribution in [-0.4, -0.2) is 57.1 Å². The van der Waals surface area contributed by atoms with E-state index in [1.165, 1.54) is 0 Å². The summed E-state index contributed by atoms with van der Waals surface area (Å²) in [5.74, 6) is 0. The summed E-state index contributed by atoms with van der Waals surface area (Å²) in [6, 6.07) is 0.130. The van der Waals surface area contributed by atoms with Crippen LogP contribution in [0.3, 0.4) is 0 Å². The second-order valence-electron chi connectivity index (χ2n) is 6.45. The highest BCUT2D eigenvalue weighted by atomic mass is 16.6. The van der Waals surface area contributed by atoms with Crippen molar-refractivity contribution in [2.75, 3.05) is 19.6 Å². The van der Waals surface area contributed by atoms with Gasteiger partial charge in [0.1, 0.15) is 5.60 Å². The van der Waals surface area contributed by atoms with Crippen molar-refractivity contribution in [3.05, 3.63) is 24.3 Å². The van der Waals surface area contributed by atoms with Gasteiger partial charge in [0, 0.05) is 50.8 Å². The summed E-state index contributed by atoms with van der Waals surface area (Å²) < 4.78 is 5.45. The zero-order valence-corrected chi connectivity index (χ0v) is 13.2. The highest BCUT2D eigenvalue weighted by Gasteiger charge is 2.30. The zero-order chi connectivity index (χ0) is 15.5. The Morgan fingerprint density at radius 2 is 2.14 bits per heavy atom. The highest BCUT2D eigenvalue weighted by molar-refractivity contribution is 5.68. The lowest BCUT2D eigenvalue weighted by Crippen LogP contribution is -2.54. The molecule has 0 unspecified atom stereocenters. The summed E-state index contributed by atoms with van der Waals surface area (Å²) in [6.45, 7) is 10.8. The fraction of sp³-hybridized carbons (Fsp3) is 0.667. The van der Waals surface area contributed by atoms with Gasteiger partial charge in [-0.25, -0.2) is 4.79 Å². The molecule has 1 amide bonds. The van der Waals surface area contributed by atoms with Gasteiger partial charge in [-0.1, -0.05) is 0 Å². The molecule has 21 heavy (non-hydrogen) atoms. The summed E-state index contributed by atoms with van der Waals surface area (Å²) in [7, 11) is 0. The Kier molecular flexibility index (Phi) is 4.77. The Morgan fingerprint density at radius 3 is 2.71 bits per heavy atom. The van der Waals surface area contributed by atoms with E-state index < -0.39 is 5.60 Å². The third kappa shape index (κ3) is 4.67. The van der Waals surface area contributed by atoms with Crippen LogP contribution < -0.4 is 0 Å². The van der Waals surface area contributed by atoms with E-state index in [-0.39, 0.29) is 12.1 Å². The zero-order valence-electron chi connectivity index (χ0n) is 13.2. The van der Waals surface area contributed by atoms with Gasteiger partial charge in [-0.3, -0.25) is 14.9 Å². The van der Waals surface area contributed by atoms with Crippen LogP contribution in [0, 0.1) is 0 Å². The Bertz CT molecular complexity index is 472. The molecule has 1 saturated heterocycles. The summed E-state index contributed by atoms with van der Waals surface area (Å²) in [6.07, 6.45) is 4.93. The van der Waals surface area contributed by atoms with Gasteiger partial charge in [-0.05, 0) is 27.7 Å². The molecule has 2 rings (SSSR count). The number of piperazine rings is 1. The Hall–Kier alpha value is -1.69. The Labute approximate surface area is 126 Å². The third-order valence-electron chi connectivity index (χ3n) is 3.34. The molecule has 6 heteroatoms. The van der Waals surface area contributed by atoms with E-state index in [4.69, 9.17) is 4.74 Å². The van der Waals surface area contributed by atoms with Crippen molar-refractivity contribution in [2.45, 2.75) is 45.9 Å². The number of carbonyl (C=O) groups is 1. The molecule has 0 bridgehead atoms. The van der Waals surface area contributed by atoms with Gasteiger partial charge in [-0.15, -0.1) is 0 Å². The van der Waals surface area contributed by atoms with E-state index in [2.05, 4.69) is 14.9 Å². The van der Waals surface area contributed by atoms with Crippen LogP contribution in [0.5, 0.6) is 0 Å². The van der Waals surface area contributed by atoms with Crippen LogP contribution in [0.4, 0.5) is 4.79 Å². The Balaban J connectivity index is 1.89. The van der Waals surface area contributed by atoms with E-state index in [0.717, 1.165) is 25.3 Å². The minimum atomic E-state index is -0.451. The van der Waals surface area contributed by atoms with Gasteiger partial charge < -0.3 is 9.64 Å². The lowest BCUT2D eigenvalue weighted by molar-refractivity contribution is 0.000425. The minimum absolute atomic E-state index is 0.130. The van der Waals surface area contributed by atoms with E-state index in [1.54, 1.807) is 23.5 Å². The first kappa shape index (κ1) is 15.7. The first-order chi connectivity index (χ1) is 9.85. The molecule has 116 valence electrons. The van der Waals surface area contributed by atoms with Crippen molar-refractivity contribution in [1.82, 2.24) is 19.8 Å². The molecule has 0 aliphatic carbocycles. The normalized spacial score (nSPS) is 20.4. The molecular formula is C15H24N4O2.